The number of benzene rings is 2. The molecule has 2 aromatic rings. The molecule has 12 nitrogen and oxygen atoms in total. The van der Waals surface area contributed by atoms with Crippen LogP contribution in [0.1, 0.15) is 66.5 Å². The maximum Gasteiger partial charge on any atom is 0.358 e. The highest BCUT2D eigenvalue weighted by molar-refractivity contribution is 6.14. The number of hydrogen-bond acceptors (Lipinski definition) is 12. The van der Waals surface area contributed by atoms with Gasteiger partial charge in [0.15, 0.2) is 11.6 Å². The molecule has 8 rings (SSSR count). The van der Waals surface area contributed by atoms with Gasteiger partial charge in [0.2, 0.25) is 0 Å². The third-order valence-corrected chi connectivity index (χ3v) is 9.66. The lowest BCUT2D eigenvalue weighted by Crippen LogP contribution is -2.61. The molecule has 0 radical (unpaired) electrons. The maximum atomic E-state index is 14.4. The molecule has 0 unspecified atom stereocenters. The van der Waals surface area contributed by atoms with Gasteiger partial charge in [0.25, 0.3) is 5.60 Å². The molecule has 5 atom stereocenters. The summed E-state index contributed by atoms with van der Waals surface area (Å²) in [4.78, 5) is 53.2. The summed E-state index contributed by atoms with van der Waals surface area (Å²) in [7, 11) is 1.04. The molecule has 232 valence electrons. The van der Waals surface area contributed by atoms with Crippen molar-refractivity contribution in [2.45, 2.75) is 56.8 Å². The first-order valence-electron chi connectivity index (χ1n) is 14.3. The SMILES string of the molecule is COC(=O)[C@]12Oc3cc4c(c(O)c3C(O)=C1C(=O)CC[C@@H]2O)[C@@H]1C(=O)C2=C(O)c3c(O)cccc3[C@H](OC(C)=O)[C@@]2(C=C1C)C4. The Balaban J connectivity index is 1.54. The van der Waals surface area contributed by atoms with Crippen LogP contribution in [0.25, 0.3) is 11.5 Å². The fraction of sp³-hybridized carbons (Fsp3) is 0.333. The van der Waals surface area contributed by atoms with E-state index in [9.17, 15) is 44.7 Å². The second kappa shape index (κ2) is 9.21. The predicted molar refractivity (Wildman–Crippen MR) is 153 cm³/mol. The predicted octanol–water partition coefficient (Wildman–Crippen LogP) is 3.14. The minimum Gasteiger partial charge on any atom is -0.507 e. The summed E-state index contributed by atoms with van der Waals surface area (Å²) in [5.41, 5.74) is -4.02. The zero-order valence-electron chi connectivity index (χ0n) is 24.3. The first-order chi connectivity index (χ1) is 21.3. The van der Waals surface area contributed by atoms with Gasteiger partial charge in [-0.05, 0) is 37.5 Å². The molecule has 1 heterocycles. The summed E-state index contributed by atoms with van der Waals surface area (Å²) in [6, 6.07) is 5.80. The molecule has 2 bridgehead atoms. The second-order valence-corrected chi connectivity index (χ2v) is 12.1. The van der Waals surface area contributed by atoms with Crippen LogP contribution < -0.4 is 4.74 Å². The van der Waals surface area contributed by atoms with Gasteiger partial charge in [-0.2, -0.15) is 0 Å². The summed E-state index contributed by atoms with van der Waals surface area (Å²) in [5.74, 6) is -6.86. The molecule has 5 N–H and O–H groups in total. The first kappa shape index (κ1) is 28.7. The van der Waals surface area contributed by atoms with Crippen LogP contribution in [0.2, 0.25) is 0 Å². The maximum absolute atomic E-state index is 14.4. The highest BCUT2D eigenvalue weighted by atomic mass is 16.6. The van der Waals surface area contributed by atoms with E-state index in [1.807, 2.05) is 0 Å². The fourth-order valence-electron chi connectivity index (χ4n) is 7.98. The topological polar surface area (TPSA) is 197 Å². The first-order valence-corrected chi connectivity index (χ1v) is 14.3. The summed E-state index contributed by atoms with van der Waals surface area (Å²) in [5, 5.41) is 56.7. The van der Waals surface area contributed by atoms with Crippen LogP contribution in [0.4, 0.5) is 0 Å². The van der Waals surface area contributed by atoms with E-state index in [1.54, 1.807) is 19.1 Å². The van der Waals surface area contributed by atoms with Gasteiger partial charge >= 0.3 is 11.9 Å². The van der Waals surface area contributed by atoms with E-state index in [-0.39, 0.29) is 64.2 Å². The third kappa shape index (κ3) is 3.40. The van der Waals surface area contributed by atoms with Crippen LogP contribution in [0.5, 0.6) is 17.2 Å². The Morgan fingerprint density at radius 1 is 1.04 bits per heavy atom. The van der Waals surface area contributed by atoms with Gasteiger partial charge in [-0.1, -0.05) is 23.8 Å². The molecular weight excluding hydrogens is 588 g/mol. The molecule has 0 amide bonds. The highest BCUT2D eigenvalue weighted by Crippen LogP contribution is 2.64. The van der Waals surface area contributed by atoms with Crippen LogP contribution in [-0.2, 0) is 35.1 Å². The lowest BCUT2D eigenvalue weighted by molar-refractivity contribution is -0.169. The minimum atomic E-state index is -2.42. The van der Waals surface area contributed by atoms with E-state index in [2.05, 4.69) is 0 Å². The summed E-state index contributed by atoms with van der Waals surface area (Å²) in [6.45, 7) is 2.84. The zero-order chi connectivity index (χ0) is 32.3. The molecule has 6 aliphatic rings. The summed E-state index contributed by atoms with van der Waals surface area (Å²) >= 11 is 0. The third-order valence-electron chi connectivity index (χ3n) is 9.66. The standard InChI is InChI=1S/C33H28O12/c1-12-10-32-11-14-9-18-23(29(41)24-17(36)7-8-19(37)33(24,45-18)31(42)43-3)26(38)21(14)20(12)27(39)25(32)28(40)22-15(5-4-6-16(22)35)30(32)44-13(2)34/h4-6,9-10,19-20,30,35,37-38,40-41H,7-8,11H2,1-3H3/t19-,20+,30-,32-,33+/m0/s1. The Hall–Kier alpha value is -5.10. The van der Waals surface area contributed by atoms with Crippen molar-refractivity contribution in [1.29, 1.82) is 0 Å². The van der Waals surface area contributed by atoms with Crippen molar-refractivity contribution in [3.63, 3.8) is 0 Å². The quantitative estimate of drug-likeness (QED) is 0.245. The number of rotatable bonds is 2. The lowest BCUT2D eigenvalue weighted by Gasteiger charge is -2.45. The van der Waals surface area contributed by atoms with E-state index < -0.39 is 75.5 Å². The molecule has 12 heteroatoms. The highest BCUT2D eigenvalue weighted by Gasteiger charge is 2.63. The molecule has 0 aromatic heterocycles. The molecule has 1 saturated carbocycles. The van der Waals surface area contributed by atoms with Gasteiger partial charge in [-0.25, -0.2) is 4.79 Å². The number of aliphatic hydroxyl groups excluding tert-OH is 3. The summed E-state index contributed by atoms with van der Waals surface area (Å²) < 4.78 is 16.8. The van der Waals surface area contributed by atoms with E-state index >= 15 is 0 Å². The van der Waals surface area contributed by atoms with Crippen molar-refractivity contribution in [1.82, 2.24) is 0 Å². The lowest BCUT2D eigenvalue weighted by atomic mass is 9.60. The number of methoxy groups -OCH3 is 1. The number of ether oxygens (including phenoxy) is 3. The average Bonchev–Trinajstić information content (AvgIpc) is 3.17. The van der Waals surface area contributed by atoms with Crippen molar-refractivity contribution >= 4 is 35.0 Å². The average molecular weight is 617 g/mol. The monoisotopic (exact) mass is 616 g/mol. The number of ketones is 2. The number of aromatic hydroxyl groups is 2. The van der Waals surface area contributed by atoms with Gasteiger partial charge in [-0.15, -0.1) is 0 Å². The molecule has 5 aliphatic carbocycles. The van der Waals surface area contributed by atoms with E-state index in [1.165, 1.54) is 25.1 Å². The Bertz CT molecular complexity index is 1900. The van der Waals surface area contributed by atoms with Gasteiger partial charge in [0.1, 0.15) is 46.5 Å². The van der Waals surface area contributed by atoms with Crippen molar-refractivity contribution < 1.29 is 58.9 Å². The molecule has 1 fully saturated rings. The van der Waals surface area contributed by atoms with Crippen molar-refractivity contribution in [2.75, 3.05) is 7.11 Å². The summed E-state index contributed by atoms with van der Waals surface area (Å²) in [6.07, 6.45) is -1.62. The number of phenols is 2. The number of phenolic OH excluding ortho intramolecular Hbond substituents is 2. The number of carbonyl (C=O) groups excluding carboxylic acids is 4. The largest absolute Gasteiger partial charge is 0.507 e. The van der Waals surface area contributed by atoms with Crippen LogP contribution in [0.15, 0.2) is 47.1 Å². The van der Waals surface area contributed by atoms with Crippen LogP contribution in [-0.4, -0.2) is 67.9 Å². The molecular formula is C33H28O12. The fourth-order valence-corrected chi connectivity index (χ4v) is 7.98. The number of aliphatic hydroxyl groups is 3. The molecule has 1 spiro atoms. The number of hydrogen-bond donors (Lipinski definition) is 5. The molecule has 0 saturated heterocycles. The molecule has 1 aliphatic heterocycles. The van der Waals surface area contributed by atoms with Gasteiger partial charge in [-0.3, -0.25) is 14.4 Å². The Labute approximate surface area is 255 Å². The number of fused-ring (bicyclic) bond motifs is 3. The van der Waals surface area contributed by atoms with Crippen molar-refractivity contribution in [3.05, 3.63) is 74.9 Å². The second-order valence-electron chi connectivity index (χ2n) is 12.1. The Morgan fingerprint density at radius 2 is 1.76 bits per heavy atom. The normalized spacial score (nSPS) is 29.3. The molecule has 2 aromatic carbocycles. The van der Waals surface area contributed by atoms with Crippen molar-refractivity contribution in [2.24, 2.45) is 5.41 Å². The van der Waals surface area contributed by atoms with Gasteiger partial charge < -0.3 is 39.7 Å². The van der Waals surface area contributed by atoms with E-state index in [0.29, 0.717) is 5.57 Å². The Kier molecular flexibility index (Phi) is 5.86. The number of esters is 2. The van der Waals surface area contributed by atoms with Crippen molar-refractivity contribution in [3.8, 4) is 17.2 Å². The van der Waals surface area contributed by atoms with E-state index in [0.717, 1.165) is 7.11 Å². The number of allylic oxidation sites excluding steroid dienone is 1. The van der Waals surface area contributed by atoms with Crippen LogP contribution >= 0.6 is 0 Å². The number of Topliss-reactive ketones (excluding diaryl/α,β-unsaturated/α-hetero) is 2. The zero-order valence-corrected chi connectivity index (χ0v) is 24.3. The van der Waals surface area contributed by atoms with E-state index in [4.69, 9.17) is 14.2 Å². The van der Waals surface area contributed by atoms with Crippen LogP contribution in [0.3, 0.4) is 0 Å². The van der Waals surface area contributed by atoms with Gasteiger partial charge in [0, 0.05) is 24.5 Å². The molecule has 45 heavy (non-hydrogen) atoms. The minimum absolute atomic E-state index is 0.0547. The van der Waals surface area contributed by atoms with Crippen LogP contribution in [0, 0.1) is 5.41 Å². The Morgan fingerprint density at radius 3 is 2.44 bits per heavy atom. The smallest absolute Gasteiger partial charge is 0.358 e. The van der Waals surface area contributed by atoms with Gasteiger partial charge in [0.05, 0.1) is 35.2 Å². The number of carbonyl (C=O) groups is 4.